The Kier molecular flexibility index (Phi) is 7.25. The van der Waals surface area contributed by atoms with Crippen LogP contribution in [0.3, 0.4) is 0 Å². The summed E-state index contributed by atoms with van der Waals surface area (Å²) in [5, 5.41) is 14.7. The lowest BCUT2D eigenvalue weighted by atomic mass is 10.2. The molecule has 1 rings (SSSR count). The Morgan fingerprint density at radius 2 is 1.95 bits per heavy atom. The van der Waals surface area contributed by atoms with Gasteiger partial charge in [-0.1, -0.05) is 18.2 Å². The van der Waals surface area contributed by atoms with E-state index in [9.17, 15) is 9.59 Å². The van der Waals surface area contributed by atoms with Crippen molar-refractivity contribution in [1.29, 1.82) is 0 Å². The maximum Gasteiger partial charge on any atom is 0.321 e. The molecular formula is C15H23N3O3. The third kappa shape index (κ3) is 5.83. The lowest BCUT2D eigenvalue weighted by Gasteiger charge is -2.24. The summed E-state index contributed by atoms with van der Waals surface area (Å²) >= 11 is 0. The van der Waals surface area contributed by atoms with E-state index in [0.29, 0.717) is 6.54 Å². The van der Waals surface area contributed by atoms with Crippen LogP contribution in [0.5, 0.6) is 0 Å². The second-order valence-corrected chi connectivity index (χ2v) is 4.77. The van der Waals surface area contributed by atoms with E-state index >= 15 is 0 Å². The molecule has 0 fully saturated rings. The molecule has 1 aromatic carbocycles. The molecular weight excluding hydrogens is 270 g/mol. The molecule has 6 nitrogen and oxygen atoms in total. The average molecular weight is 293 g/mol. The fraction of sp³-hybridized carbons (Fsp3) is 0.467. The van der Waals surface area contributed by atoms with E-state index in [2.05, 4.69) is 10.6 Å². The van der Waals surface area contributed by atoms with Crippen LogP contribution in [0.25, 0.3) is 0 Å². The molecule has 3 N–H and O–H groups in total. The minimum absolute atomic E-state index is 0.0850. The third-order valence-corrected chi connectivity index (χ3v) is 3.08. The van der Waals surface area contributed by atoms with Gasteiger partial charge in [-0.25, -0.2) is 4.79 Å². The summed E-state index contributed by atoms with van der Waals surface area (Å²) in [5.74, 6) is -0.920. The van der Waals surface area contributed by atoms with Crippen LogP contribution < -0.4 is 15.5 Å². The van der Waals surface area contributed by atoms with Crippen LogP contribution in [0.15, 0.2) is 24.3 Å². The number of urea groups is 1. The summed E-state index contributed by atoms with van der Waals surface area (Å²) in [4.78, 5) is 24.5. The van der Waals surface area contributed by atoms with E-state index in [1.54, 1.807) is 0 Å². The number of hydrogen-bond acceptors (Lipinski definition) is 3. The Labute approximate surface area is 125 Å². The van der Waals surface area contributed by atoms with Crippen LogP contribution in [0.4, 0.5) is 10.5 Å². The highest BCUT2D eigenvalue weighted by Gasteiger charge is 2.17. The summed E-state index contributed by atoms with van der Waals surface area (Å²) in [6.45, 7) is 3.42. The highest BCUT2D eigenvalue weighted by molar-refractivity contribution is 5.93. The lowest BCUT2D eigenvalue weighted by molar-refractivity contribution is -0.136. The molecule has 0 aliphatic carbocycles. The van der Waals surface area contributed by atoms with Crippen molar-refractivity contribution in [3.63, 3.8) is 0 Å². The Morgan fingerprint density at radius 3 is 2.57 bits per heavy atom. The highest BCUT2D eigenvalue weighted by atomic mass is 16.4. The number of hydrogen-bond donors (Lipinski definition) is 3. The molecule has 21 heavy (non-hydrogen) atoms. The minimum atomic E-state index is -0.920. The van der Waals surface area contributed by atoms with Gasteiger partial charge in [-0.05, 0) is 38.6 Å². The van der Waals surface area contributed by atoms with Crippen LogP contribution in [-0.4, -0.2) is 43.8 Å². The number of carbonyl (C=O) groups is 2. The minimum Gasteiger partial charge on any atom is -0.481 e. The monoisotopic (exact) mass is 293 g/mol. The molecule has 0 saturated heterocycles. The molecule has 0 aliphatic heterocycles. The fourth-order valence-electron chi connectivity index (χ4n) is 1.96. The summed E-state index contributed by atoms with van der Waals surface area (Å²) in [6, 6.07) is 7.19. The van der Waals surface area contributed by atoms with Gasteiger partial charge in [0.2, 0.25) is 0 Å². The summed E-state index contributed by atoms with van der Waals surface area (Å²) in [6.07, 6.45) is 0.737. The molecule has 0 aromatic heterocycles. The molecule has 2 amide bonds. The number of aryl methyl sites for hydroxylation is 1. The maximum absolute atomic E-state index is 12.3. The smallest absolute Gasteiger partial charge is 0.321 e. The van der Waals surface area contributed by atoms with Gasteiger partial charge in [0.1, 0.15) is 0 Å². The number of nitrogens with zero attached hydrogens (tertiary/aromatic N) is 1. The molecule has 0 radical (unpaired) electrons. The van der Waals surface area contributed by atoms with Crippen LogP contribution in [-0.2, 0) is 4.79 Å². The number of anilines is 1. The number of nitrogens with one attached hydrogen (secondary N) is 2. The van der Waals surface area contributed by atoms with E-state index < -0.39 is 5.97 Å². The fourth-order valence-corrected chi connectivity index (χ4v) is 1.96. The number of para-hydroxylation sites is 1. The van der Waals surface area contributed by atoms with Gasteiger partial charge in [0.25, 0.3) is 0 Å². The zero-order chi connectivity index (χ0) is 15.7. The Hall–Kier alpha value is -2.08. The zero-order valence-electron chi connectivity index (χ0n) is 12.6. The van der Waals surface area contributed by atoms with Gasteiger partial charge in [-0.2, -0.15) is 0 Å². The molecule has 0 unspecified atom stereocenters. The predicted octanol–water partition coefficient (Wildman–Crippen LogP) is 1.60. The molecule has 0 aliphatic rings. The average Bonchev–Trinajstić information content (AvgIpc) is 2.45. The van der Waals surface area contributed by atoms with Crippen LogP contribution in [0.1, 0.15) is 18.4 Å². The first-order chi connectivity index (χ1) is 10.1. The first-order valence-corrected chi connectivity index (χ1v) is 7.03. The van der Waals surface area contributed by atoms with E-state index in [0.717, 1.165) is 24.2 Å². The number of aliphatic carboxylic acids is 1. The Morgan fingerprint density at radius 1 is 1.24 bits per heavy atom. The van der Waals surface area contributed by atoms with Crippen LogP contribution in [0, 0.1) is 6.92 Å². The Bertz CT molecular complexity index is 477. The van der Waals surface area contributed by atoms with Crippen LogP contribution in [0.2, 0.25) is 0 Å². The summed E-state index contributed by atoms with van der Waals surface area (Å²) in [5.41, 5.74) is 1.68. The van der Waals surface area contributed by atoms with Crippen molar-refractivity contribution in [2.75, 3.05) is 31.6 Å². The van der Waals surface area contributed by atoms with Crippen molar-refractivity contribution < 1.29 is 14.7 Å². The van der Waals surface area contributed by atoms with Gasteiger partial charge in [-0.3, -0.25) is 9.69 Å². The lowest BCUT2D eigenvalue weighted by Crippen LogP contribution is -2.42. The van der Waals surface area contributed by atoms with Gasteiger partial charge in [0.15, 0.2) is 0 Å². The van der Waals surface area contributed by atoms with Crippen molar-refractivity contribution >= 4 is 17.7 Å². The molecule has 0 atom stereocenters. The van der Waals surface area contributed by atoms with Crippen molar-refractivity contribution in [3.05, 3.63) is 29.8 Å². The molecule has 1 aromatic rings. The van der Waals surface area contributed by atoms with Gasteiger partial charge in [0, 0.05) is 18.8 Å². The first-order valence-electron chi connectivity index (χ1n) is 7.03. The normalized spacial score (nSPS) is 10.2. The molecule has 0 spiro atoms. The van der Waals surface area contributed by atoms with E-state index in [1.807, 2.05) is 38.2 Å². The van der Waals surface area contributed by atoms with Crippen LogP contribution >= 0.6 is 0 Å². The van der Waals surface area contributed by atoms with Crippen molar-refractivity contribution in [2.45, 2.75) is 19.8 Å². The second kappa shape index (κ2) is 8.97. The van der Waals surface area contributed by atoms with E-state index in [4.69, 9.17) is 5.11 Å². The predicted molar refractivity (Wildman–Crippen MR) is 82.7 cm³/mol. The number of carbonyl (C=O) groups excluding carboxylic acids is 1. The van der Waals surface area contributed by atoms with Crippen molar-refractivity contribution in [3.8, 4) is 0 Å². The standard InChI is InChI=1S/C15H23N3O3/c1-12-6-3-4-7-13(12)18(11-8-14(19)20)15(21)17-10-5-9-16-2/h3-4,6-7,16H,5,8-11H2,1-2H3,(H,17,21)(H,19,20). The molecule has 0 heterocycles. The molecule has 0 bridgehead atoms. The van der Waals surface area contributed by atoms with E-state index in [-0.39, 0.29) is 19.0 Å². The number of rotatable bonds is 8. The van der Waals surface area contributed by atoms with Gasteiger partial charge < -0.3 is 15.7 Å². The Balaban J connectivity index is 2.74. The SMILES string of the molecule is CNCCCNC(=O)N(CCC(=O)O)c1ccccc1C. The topological polar surface area (TPSA) is 81.7 Å². The first kappa shape index (κ1) is 17.0. The molecule has 116 valence electrons. The highest BCUT2D eigenvalue weighted by Crippen LogP contribution is 2.19. The molecule has 6 heteroatoms. The van der Waals surface area contributed by atoms with Crippen molar-refractivity contribution in [1.82, 2.24) is 10.6 Å². The zero-order valence-corrected chi connectivity index (χ0v) is 12.6. The van der Waals surface area contributed by atoms with Gasteiger partial charge in [0.05, 0.1) is 6.42 Å². The second-order valence-electron chi connectivity index (χ2n) is 4.77. The van der Waals surface area contributed by atoms with E-state index in [1.165, 1.54) is 4.90 Å². The number of carboxylic acid groups (broad SMARTS) is 1. The quantitative estimate of drug-likeness (QED) is 0.636. The largest absolute Gasteiger partial charge is 0.481 e. The maximum atomic E-state index is 12.3. The van der Waals surface area contributed by atoms with Gasteiger partial charge in [-0.15, -0.1) is 0 Å². The third-order valence-electron chi connectivity index (χ3n) is 3.08. The number of benzene rings is 1. The van der Waals surface area contributed by atoms with Crippen molar-refractivity contribution in [2.24, 2.45) is 0 Å². The van der Waals surface area contributed by atoms with Gasteiger partial charge >= 0.3 is 12.0 Å². The summed E-state index contributed by atoms with van der Waals surface area (Å²) < 4.78 is 0. The number of amides is 2. The number of carboxylic acids is 1. The summed E-state index contributed by atoms with van der Waals surface area (Å²) in [7, 11) is 1.86. The molecule has 0 saturated carbocycles.